The fourth-order valence-electron chi connectivity index (χ4n) is 3.43. The molecule has 0 aliphatic carbocycles. The molecule has 0 aliphatic heterocycles. The number of ketones is 1. The Morgan fingerprint density at radius 1 is 0.972 bits per heavy atom. The molecule has 0 spiro atoms. The quantitative estimate of drug-likeness (QED) is 0.292. The van der Waals surface area contributed by atoms with Crippen LogP contribution in [-0.2, 0) is 24.3 Å². The number of carbonyl (C=O) groups excluding carboxylic acids is 3. The smallest absolute Gasteiger partial charge is 0.344 e. The van der Waals surface area contributed by atoms with Gasteiger partial charge in [-0.15, -0.1) is 11.3 Å². The molecule has 12 heteroatoms. The summed E-state index contributed by atoms with van der Waals surface area (Å²) in [7, 11) is -2.22. The number of ether oxygens (including phenoxy) is 3. The van der Waals surface area contributed by atoms with Crippen LogP contribution in [-0.4, -0.2) is 58.0 Å². The van der Waals surface area contributed by atoms with Gasteiger partial charge in [-0.25, -0.2) is 18.0 Å². The van der Waals surface area contributed by atoms with Crippen LogP contribution in [0.25, 0.3) is 0 Å². The molecule has 36 heavy (non-hydrogen) atoms. The molecule has 0 amide bonds. The Hall–Kier alpha value is -3.64. The summed E-state index contributed by atoms with van der Waals surface area (Å²) in [5.74, 6) is -1.65. The van der Waals surface area contributed by atoms with Gasteiger partial charge < -0.3 is 19.2 Å². The van der Waals surface area contributed by atoms with Crippen molar-refractivity contribution >= 4 is 44.8 Å². The van der Waals surface area contributed by atoms with Gasteiger partial charge in [0.15, 0.2) is 13.2 Å². The van der Waals surface area contributed by atoms with E-state index in [4.69, 9.17) is 14.2 Å². The van der Waals surface area contributed by atoms with Crippen molar-refractivity contribution in [2.24, 2.45) is 0 Å². The molecule has 2 aromatic heterocycles. The van der Waals surface area contributed by atoms with Crippen LogP contribution in [0.1, 0.15) is 39.0 Å². The summed E-state index contributed by atoms with van der Waals surface area (Å²) >= 11 is 1.12. The second-order valence-corrected chi connectivity index (χ2v) is 10.8. The SMILES string of the molecule is CCOC(=O)c1c(C)[nH]c(C)c1C(=O)COC(=O)COc1ccc(N(C)S(=O)(=O)c2cccs2)cc1. The first-order valence-electron chi connectivity index (χ1n) is 10.9. The first-order chi connectivity index (χ1) is 17.1. The number of sulfonamides is 1. The van der Waals surface area contributed by atoms with Gasteiger partial charge in [0.25, 0.3) is 10.0 Å². The number of rotatable bonds is 11. The lowest BCUT2D eigenvalue weighted by atomic mass is 10.1. The number of aryl methyl sites for hydroxylation is 2. The van der Waals surface area contributed by atoms with Crippen LogP contribution in [0.15, 0.2) is 46.0 Å². The number of hydrogen-bond acceptors (Lipinski definition) is 9. The largest absolute Gasteiger partial charge is 0.482 e. The molecule has 1 N–H and O–H groups in total. The summed E-state index contributed by atoms with van der Waals surface area (Å²) in [5.41, 5.74) is 1.62. The molecule has 0 saturated carbocycles. The lowest BCUT2D eigenvalue weighted by Crippen LogP contribution is -2.25. The molecule has 3 rings (SSSR count). The van der Waals surface area contributed by atoms with Crippen molar-refractivity contribution in [1.29, 1.82) is 0 Å². The molecule has 0 atom stereocenters. The molecule has 192 valence electrons. The Bertz CT molecular complexity index is 1340. The number of Topliss-reactive ketones (excluding diaryl/α,β-unsaturated/α-hetero) is 1. The van der Waals surface area contributed by atoms with E-state index >= 15 is 0 Å². The normalized spacial score (nSPS) is 11.1. The Labute approximate surface area is 212 Å². The minimum atomic E-state index is -3.67. The molecular formula is C24H26N2O8S2. The van der Waals surface area contributed by atoms with Crippen LogP contribution in [0, 0.1) is 13.8 Å². The third-order valence-electron chi connectivity index (χ3n) is 5.16. The number of nitrogens with one attached hydrogen (secondary N) is 1. The average molecular weight is 535 g/mol. The van der Waals surface area contributed by atoms with Crippen molar-refractivity contribution in [3.05, 3.63) is 64.3 Å². The topological polar surface area (TPSA) is 132 Å². The number of esters is 2. The van der Waals surface area contributed by atoms with E-state index in [0.29, 0.717) is 22.8 Å². The van der Waals surface area contributed by atoms with Crippen molar-refractivity contribution in [2.45, 2.75) is 25.0 Å². The molecule has 2 heterocycles. The van der Waals surface area contributed by atoms with E-state index in [2.05, 4.69) is 4.98 Å². The summed E-state index contributed by atoms with van der Waals surface area (Å²) in [6.07, 6.45) is 0. The van der Waals surface area contributed by atoms with Gasteiger partial charge in [-0.2, -0.15) is 0 Å². The van der Waals surface area contributed by atoms with Crippen LogP contribution >= 0.6 is 11.3 Å². The lowest BCUT2D eigenvalue weighted by molar-refractivity contribution is -0.144. The van der Waals surface area contributed by atoms with Crippen LogP contribution < -0.4 is 9.04 Å². The van der Waals surface area contributed by atoms with Crippen LogP contribution in [0.5, 0.6) is 5.75 Å². The number of hydrogen-bond donors (Lipinski definition) is 1. The first-order valence-corrected chi connectivity index (χ1v) is 13.2. The number of aromatic amines is 1. The monoisotopic (exact) mass is 534 g/mol. The molecule has 0 saturated heterocycles. The molecule has 10 nitrogen and oxygen atoms in total. The van der Waals surface area contributed by atoms with Gasteiger partial charge in [0.2, 0.25) is 5.78 Å². The molecule has 3 aromatic rings. The molecule has 0 fully saturated rings. The van der Waals surface area contributed by atoms with E-state index in [0.717, 1.165) is 15.6 Å². The number of aromatic nitrogens is 1. The van der Waals surface area contributed by atoms with Gasteiger partial charge in [0, 0.05) is 18.4 Å². The van der Waals surface area contributed by atoms with Gasteiger partial charge in [0.05, 0.1) is 23.4 Å². The zero-order chi connectivity index (χ0) is 26.5. The van der Waals surface area contributed by atoms with Crippen molar-refractivity contribution in [1.82, 2.24) is 4.98 Å². The van der Waals surface area contributed by atoms with E-state index in [-0.39, 0.29) is 21.9 Å². The van der Waals surface area contributed by atoms with Crippen molar-refractivity contribution in [2.75, 3.05) is 31.2 Å². The van der Waals surface area contributed by atoms with Gasteiger partial charge in [-0.1, -0.05) is 6.07 Å². The van der Waals surface area contributed by atoms with E-state index in [9.17, 15) is 22.8 Å². The van der Waals surface area contributed by atoms with Crippen molar-refractivity contribution in [3.63, 3.8) is 0 Å². The zero-order valence-corrected chi connectivity index (χ0v) is 21.8. The Kier molecular flexibility index (Phi) is 8.53. The number of anilines is 1. The highest BCUT2D eigenvalue weighted by Crippen LogP contribution is 2.26. The van der Waals surface area contributed by atoms with Crippen molar-refractivity contribution < 1.29 is 37.0 Å². The standard InChI is InChI=1S/C24H26N2O8S2/c1-5-32-24(29)23-16(3)25-15(2)22(23)19(27)13-34-20(28)14-33-18-10-8-17(9-11-18)26(4)36(30,31)21-7-6-12-35-21/h6-12,25H,5,13-14H2,1-4H3. The highest BCUT2D eigenvalue weighted by atomic mass is 32.2. The Balaban J connectivity index is 1.55. The molecule has 0 bridgehead atoms. The zero-order valence-electron chi connectivity index (χ0n) is 20.2. The van der Waals surface area contributed by atoms with Gasteiger partial charge in [0.1, 0.15) is 9.96 Å². The summed E-state index contributed by atoms with van der Waals surface area (Å²) in [6.45, 7) is 4.07. The molecule has 0 aliphatic rings. The third kappa shape index (κ3) is 5.94. The highest BCUT2D eigenvalue weighted by molar-refractivity contribution is 7.94. The summed E-state index contributed by atoms with van der Waals surface area (Å²) in [4.78, 5) is 39.9. The number of nitrogens with zero attached hydrogens (tertiary/aromatic N) is 1. The lowest BCUT2D eigenvalue weighted by Gasteiger charge is -2.18. The fourth-order valence-corrected chi connectivity index (χ4v) is 5.78. The minimum Gasteiger partial charge on any atom is -0.482 e. The maximum absolute atomic E-state index is 12.7. The number of thiophene rings is 1. The molecule has 1 aromatic carbocycles. The average Bonchev–Trinajstić information content (AvgIpc) is 3.49. The van der Waals surface area contributed by atoms with Crippen LogP contribution in [0.4, 0.5) is 5.69 Å². The highest BCUT2D eigenvalue weighted by Gasteiger charge is 2.26. The first kappa shape index (κ1) is 27.0. The fraction of sp³-hybridized carbons (Fsp3) is 0.292. The number of carbonyl (C=O) groups is 3. The summed E-state index contributed by atoms with van der Waals surface area (Å²) in [6, 6.07) is 9.32. The van der Waals surface area contributed by atoms with Crippen LogP contribution in [0.3, 0.4) is 0 Å². The maximum Gasteiger partial charge on any atom is 0.344 e. The predicted molar refractivity (Wildman–Crippen MR) is 133 cm³/mol. The third-order valence-corrected chi connectivity index (χ3v) is 8.32. The molecular weight excluding hydrogens is 508 g/mol. The van der Waals surface area contributed by atoms with E-state index < -0.39 is 41.0 Å². The maximum atomic E-state index is 12.7. The second-order valence-electron chi connectivity index (χ2n) is 7.62. The number of H-pyrrole nitrogens is 1. The van der Waals surface area contributed by atoms with Crippen LogP contribution in [0.2, 0.25) is 0 Å². The summed E-state index contributed by atoms with van der Waals surface area (Å²) in [5, 5.41) is 1.68. The van der Waals surface area contributed by atoms with Gasteiger partial charge >= 0.3 is 11.9 Å². The Morgan fingerprint density at radius 2 is 1.64 bits per heavy atom. The summed E-state index contributed by atoms with van der Waals surface area (Å²) < 4.78 is 42.0. The van der Waals surface area contributed by atoms with Gasteiger partial charge in [-0.05, 0) is 56.5 Å². The van der Waals surface area contributed by atoms with Crippen molar-refractivity contribution in [3.8, 4) is 5.75 Å². The molecule has 0 radical (unpaired) electrons. The molecule has 0 unspecified atom stereocenters. The van der Waals surface area contributed by atoms with E-state index in [1.807, 2.05) is 0 Å². The van der Waals surface area contributed by atoms with E-state index in [1.54, 1.807) is 44.4 Å². The van der Waals surface area contributed by atoms with E-state index in [1.165, 1.54) is 25.2 Å². The number of benzene rings is 1. The predicted octanol–water partition coefficient (Wildman–Crippen LogP) is 3.50. The minimum absolute atomic E-state index is 0.122. The second kappa shape index (κ2) is 11.4. The Morgan fingerprint density at radius 3 is 2.25 bits per heavy atom. The van der Waals surface area contributed by atoms with Gasteiger partial charge in [-0.3, -0.25) is 9.10 Å².